The first-order valence-electron chi connectivity index (χ1n) is 6.99. The number of fused-ring (bicyclic) bond motifs is 1. The quantitative estimate of drug-likeness (QED) is 0.776. The van der Waals surface area contributed by atoms with Crippen LogP contribution in [0.5, 0.6) is 0 Å². The van der Waals surface area contributed by atoms with Gasteiger partial charge in [0.1, 0.15) is 0 Å². The fourth-order valence-corrected chi connectivity index (χ4v) is 4.38. The summed E-state index contributed by atoms with van der Waals surface area (Å²) in [6.45, 7) is 3.58. The van der Waals surface area contributed by atoms with E-state index >= 15 is 0 Å². The molecule has 1 aromatic rings. The number of Topliss-reactive ketones (excluding diaryl/α,β-unsaturated/α-hetero) is 1. The normalized spacial score (nSPS) is 19.6. The Kier molecular flexibility index (Phi) is 3.73. The average Bonchev–Trinajstić information content (AvgIpc) is 2.91. The number of ether oxygens (including phenoxy) is 1. The van der Waals surface area contributed by atoms with E-state index in [4.69, 9.17) is 4.74 Å². The molecular formula is C14H18N2O4S. The molecule has 1 aromatic carbocycles. The van der Waals surface area contributed by atoms with Crippen molar-refractivity contribution in [3.8, 4) is 0 Å². The molecule has 0 spiro atoms. The van der Waals surface area contributed by atoms with Gasteiger partial charge in [0.15, 0.2) is 5.78 Å². The maximum atomic E-state index is 12.7. The van der Waals surface area contributed by atoms with Crippen molar-refractivity contribution in [1.29, 1.82) is 0 Å². The molecule has 1 fully saturated rings. The zero-order valence-electron chi connectivity index (χ0n) is 11.9. The molecule has 0 N–H and O–H groups in total. The molecule has 6 nitrogen and oxygen atoms in total. The summed E-state index contributed by atoms with van der Waals surface area (Å²) >= 11 is 0. The molecule has 3 rings (SSSR count). The second kappa shape index (κ2) is 5.40. The summed E-state index contributed by atoms with van der Waals surface area (Å²) < 4.78 is 33.5. The number of hydrogen-bond donors (Lipinski definition) is 0. The predicted octanol–water partition coefficient (Wildman–Crippen LogP) is 0.829. The molecule has 0 aliphatic carbocycles. The molecule has 0 amide bonds. The van der Waals surface area contributed by atoms with E-state index in [2.05, 4.69) is 0 Å². The van der Waals surface area contributed by atoms with Crippen LogP contribution in [0.1, 0.15) is 22.8 Å². The van der Waals surface area contributed by atoms with Crippen LogP contribution in [-0.4, -0.2) is 51.4 Å². The van der Waals surface area contributed by atoms with Gasteiger partial charge in [-0.1, -0.05) is 0 Å². The van der Waals surface area contributed by atoms with Crippen molar-refractivity contribution in [3.63, 3.8) is 0 Å². The van der Waals surface area contributed by atoms with Gasteiger partial charge in [-0.3, -0.25) is 9.10 Å². The summed E-state index contributed by atoms with van der Waals surface area (Å²) in [6.07, 6.45) is 0.639. The summed E-state index contributed by atoms with van der Waals surface area (Å²) in [4.78, 5) is 11.4. The van der Waals surface area contributed by atoms with Crippen LogP contribution >= 0.6 is 0 Å². The third-order valence-corrected chi connectivity index (χ3v) is 5.87. The minimum absolute atomic E-state index is 0.00714. The molecule has 0 radical (unpaired) electrons. The molecule has 0 bridgehead atoms. The SMILES string of the molecule is CC(=O)c1ccc2c(c1)CCN2S(=O)(=O)N1CCOCC1. The van der Waals surface area contributed by atoms with Crippen LogP contribution in [0, 0.1) is 0 Å². The van der Waals surface area contributed by atoms with E-state index in [0.717, 1.165) is 5.56 Å². The first-order chi connectivity index (χ1) is 10.00. The van der Waals surface area contributed by atoms with E-state index in [1.54, 1.807) is 18.2 Å². The van der Waals surface area contributed by atoms with Gasteiger partial charge in [0.25, 0.3) is 0 Å². The lowest BCUT2D eigenvalue weighted by atomic mass is 10.1. The number of anilines is 1. The van der Waals surface area contributed by atoms with Gasteiger partial charge >= 0.3 is 10.2 Å². The largest absolute Gasteiger partial charge is 0.379 e. The van der Waals surface area contributed by atoms with Gasteiger partial charge < -0.3 is 4.74 Å². The predicted molar refractivity (Wildman–Crippen MR) is 78.8 cm³/mol. The Hall–Kier alpha value is -1.44. The molecule has 0 aromatic heterocycles. The summed E-state index contributed by atoms with van der Waals surface area (Å²) in [6, 6.07) is 5.22. The highest BCUT2D eigenvalue weighted by atomic mass is 32.2. The van der Waals surface area contributed by atoms with Crippen molar-refractivity contribution >= 4 is 21.7 Å². The summed E-state index contributed by atoms with van der Waals surface area (Å²) in [5, 5.41) is 0. The van der Waals surface area contributed by atoms with Crippen LogP contribution in [0.4, 0.5) is 5.69 Å². The van der Waals surface area contributed by atoms with Gasteiger partial charge in [-0.05, 0) is 37.1 Å². The number of ketones is 1. The number of carbonyl (C=O) groups excluding carboxylic acids is 1. The van der Waals surface area contributed by atoms with Crippen molar-refractivity contribution < 1.29 is 17.9 Å². The lowest BCUT2D eigenvalue weighted by molar-refractivity contribution is 0.0729. The second-order valence-corrected chi connectivity index (χ2v) is 7.09. The van der Waals surface area contributed by atoms with Crippen LogP contribution in [-0.2, 0) is 21.4 Å². The highest BCUT2D eigenvalue weighted by Gasteiger charge is 2.35. The van der Waals surface area contributed by atoms with E-state index in [0.29, 0.717) is 50.5 Å². The zero-order chi connectivity index (χ0) is 15.0. The highest BCUT2D eigenvalue weighted by molar-refractivity contribution is 7.90. The molecule has 1 saturated heterocycles. The van der Waals surface area contributed by atoms with E-state index in [1.165, 1.54) is 15.5 Å². The first kappa shape index (κ1) is 14.5. The summed E-state index contributed by atoms with van der Waals surface area (Å²) in [7, 11) is -3.51. The standard InChI is InChI=1S/C14H18N2O4S/c1-11(17)12-2-3-14-13(10-12)4-5-16(14)21(18,19)15-6-8-20-9-7-15/h2-3,10H,4-9H2,1H3. The summed E-state index contributed by atoms with van der Waals surface area (Å²) in [5.41, 5.74) is 2.23. The van der Waals surface area contributed by atoms with Crippen molar-refractivity contribution in [3.05, 3.63) is 29.3 Å². The van der Waals surface area contributed by atoms with Crippen LogP contribution in [0.3, 0.4) is 0 Å². The smallest absolute Gasteiger partial charge is 0.304 e. The fourth-order valence-electron chi connectivity index (χ4n) is 2.75. The van der Waals surface area contributed by atoms with E-state index in [9.17, 15) is 13.2 Å². The van der Waals surface area contributed by atoms with Gasteiger partial charge in [-0.25, -0.2) is 0 Å². The molecule has 0 unspecified atom stereocenters. The van der Waals surface area contributed by atoms with Gasteiger partial charge in [-0.15, -0.1) is 0 Å². The van der Waals surface area contributed by atoms with Crippen LogP contribution < -0.4 is 4.31 Å². The number of morpholine rings is 1. The maximum absolute atomic E-state index is 12.7. The molecule has 2 aliphatic rings. The molecule has 2 aliphatic heterocycles. The molecule has 0 atom stereocenters. The van der Waals surface area contributed by atoms with Crippen molar-refractivity contribution in [1.82, 2.24) is 4.31 Å². The lowest BCUT2D eigenvalue weighted by Gasteiger charge is -2.31. The fraction of sp³-hybridized carbons (Fsp3) is 0.500. The van der Waals surface area contributed by atoms with E-state index in [-0.39, 0.29) is 5.78 Å². The maximum Gasteiger partial charge on any atom is 0.304 e. The minimum atomic E-state index is -3.51. The first-order valence-corrected chi connectivity index (χ1v) is 8.39. The third kappa shape index (κ3) is 2.56. The molecule has 7 heteroatoms. The Balaban J connectivity index is 1.91. The highest BCUT2D eigenvalue weighted by Crippen LogP contribution is 2.32. The minimum Gasteiger partial charge on any atom is -0.379 e. The Morgan fingerprint density at radius 2 is 1.90 bits per heavy atom. The van der Waals surface area contributed by atoms with E-state index < -0.39 is 10.2 Å². The molecule has 0 saturated carbocycles. The van der Waals surface area contributed by atoms with Gasteiger partial charge in [0, 0.05) is 25.2 Å². The van der Waals surface area contributed by atoms with Crippen LogP contribution in [0.2, 0.25) is 0 Å². The van der Waals surface area contributed by atoms with Gasteiger partial charge in [0.05, 0.1) is 18.9 Å². The number of benzene rings is 1. The zero-order valence-corrected chi connectivity index (χ0v) is 12.7. The summed E-state index contributed by atoms with van der Waals surface area (Å²) in [5.74, 6) is -0.00714. The topological polar surface area (TPSA) is 66.9 Å². The molecule has 21 heavy (non-hydrogen) atoms. The van der Waals surface area contributed by atoms with Crippen molar-refractivity contribution in [2.24, 2.45) is 0 Å². The third-order valence-electron chi connectivity index (χ3n) is 3.91. The molecular weight excluding hydrogens is 292 g/mol. The van der Waals surface area contributed by atoms with Crippen molar-refractivity contribution in [2.45, 2.75) is 13.3 Å². The Morgan fingerprint density at radius 3 is 2.57 bits per heavy atom. The molecule has 114 valence electrons. The number of rotatable bonds is 3. The number of hydrogen-bond acceptors (Lipinski definition) is 4. The molecule has 2 heterocycles. The monoisotopic (exact) mass is 310 g/mol. The lowest BCUT2D eigenvalue weighted by Crippen LogP contribution is -2.48. The van der Waals surface area contributed by atoms with Gasteiger partial charge in [-0.2, -0.15) is 12.7 Å². The van der Waals surface area contributed by atoms with Crippen LogP contribution in [0.15, 0.2) is 18.2 Å². The second-order valence-electron chi connectivity index (χ2n) is 5.24. The average molecular weight is 310 g/mol. The Labute approximate surface area is 124 Å². The Bertz CT molecular complexity index is 666. The Morgan fingerprint density at radius 1 is 1.19 bits per heavy atom. The van der Waals surface area contributed by atoms with Gasteiger partial charge in [0.2, 0.25) is 0 Å². The number of carbonyl (C=O) groups is 1. The van der Waals surface area contributed by atoms with Crippen molar-refractivity contribution in [2.75, 3.05) is 37.2 Å². The van der Waals surface area contributed by atoms with E-state index in [1.807, 2.05) is 0 Å². The van der Waals surface area contributed by atoms with Crippen LogP contribution in [0.25, 0.3) is 0 Å². The number of nitrogens with zero attached hydrogens (tertiary/aromatic N) is 2.